The molecule has 5 aromatic rings. The van der Waals surface area contributed by atoms with E-state index in [1.54, 1.807) is 0 Å². The summed E-state index contributed by atoms with van der Waals surface area (Å²) < 4.78 is 0. The number of carbonyl (C=O) groups is 1. The number of rotatable bonds is 3. The molecule has 0 saturated carbocycles. The Hall–Kier alpha value is -4.29. The van der Waals surface area contributed by atoms with E-state index < -0.39 is 0 Å². The van der Waals surface area contributed by atoms with Crippen LogP contribution in [0, 0.1) is 6.92 Å². The SMILES string of the molecule is Cc1cccc(-c2cccc3c(C(=O)N4CCc5cc6nccc(N7CCN8CCCC8C7)c6cc54)cccc23)n1. The molecule has 41 heavy (non-hydrogen) atoms. The van der Waals surface area contributed by atoms with Gasteiger partial charge in [-0.25, -0.2) is 0 Å². The van der Waals surface area contributed by atoms with Gasteiger partial charge in [-0.05, 0) is 85.5 Å². The first-order chi connectivity index (χ1) is 20.1. The van der Waals surface area contributed by atoms with Crippen molar-refractivity contribution in [3.8, 4) is 11.3 Å². The first-order valence-corrected chi connectivity index (χ1v) is 14.8. The lowest BCUT2D eigenvalue weighted by Gasteiger charge is -2.39. The molecule has 8 rings (SSSR count). The first-order valence-electron chi connectivity index (χ1n) is 14.8. The summed E-state index contributed by atoms with van der Waals surface area (Å²) in [7, 11) is 0. The Bertz CT molecular complexity index is 1830. The minimum absolute atomic E-state index is 0.0491. The van der Waals surface area contributed by atoms with Crippen LogP contribution in [0.2, 0.25) is 0 Å². The van der Waals surface area contributed by atoms with Gasteiger partial charge in [-0.1, -0.05) is 36.4 Å². The van der Waals surface area contributed by atoms with Gasteiger partial charge in [0, 0.05) is 72.0 Å². The van der Waals surface area contributed by atoms with Crippen molar-refractivity contribution in [2.45, 2.75) is 32.2 Å². The number of piperazine rings is 1. The van der Waals surface area contributed by atoms with Crippen molar-refractivity contribution < 1.29 is 4.79 Å². The number of aromatic nitrogens is 2. The van der Waals surface area contributed by atoms with E-state index in [0.717, 1.165) is 75.9 Å². The molecule has 1 atom stereocenters. The number of aryl methyl sites for hydroxylation is 1. The van der Waals surface area contributed by atoms with Gasteiger partial charge in [0.15, 0.2) is 0 Å². The van der Waals surface area contributed by atoms with Gasteiger partial charge in [0.25, 0.3) is 5.91 Å². The number of carbonyl (C=O) groups excluding carboxylic acids is 1. The zero-order valence-corrected chi connectivity index (χ0v) is 23.4. The highest BCUT2D eigenvalue weighted by molar-refractivity contribution is 6.17. The minimum atomic E-state index is 0.0491. The van der Waals surface area contributed by atoms with Crippen molar-refractivity contribution in [2.75, 3.05) is 42.5 Å². The van der Waals surface area contributed by atoms with Crippen molar-refractivity contribution >= 4 is 39.0 Å². The average molecular weight is 540 g/mol. The third-order valence-corrected chi connectivity index (χ3v) is 9.30. The van der Waals surface area contributed by atoms with E-state index in [9.17, 15) is 4.79 Å². The van der Waals surface area contributed by atoms with Crippen molar-refractivity contribution in [2.24, 2.45) is 0 Å². The smallest absolute Gasteiger partial charge is 0.258 e. The zero-order chi connectivity index (χ0) is 27.5. The number of fused-ring (bicyclic) bond motifs is 4. The molecule has 0 aliphatic carbocycles. The molecule has 204 valence electrons. The van der Waals surface area contributed by atoms with Gasteiger partial charge in [-0.2, -0.15) is 0 Å². The zero-order valence-electron chi connectivity index (χ0n) is 23.4. The number of benzene rings is 3. The van der Waals surface area contributed by atoms with Gasteiger partial charge < -0.3 is 9.80 Å². The summed E-state index contributed by atoms with van der Waals surface area (Å²) in [5, 5.41) is 3.15. The third-order valence-electron chi connectivity index (χ3n) is 9.30. The van der Waals surface area contributed by atoms with Crippen LogP contribution in [0.25, 0.3) is 32.9 Å². The van der Waals surface area contributed by atoms with Crippen molar-refractivity contribution in [3.63, 3.8) is 0 Å². The summed E-state index contributed by atoms with van der Waals surface area (Å²) in [6, 6.07) is 25.6. The molecule has 3 aliphatic rings. The van der Waals surface area contributed by atoms with E-state index in [1.807, 2.05) is 54.4 Å². The first kappa shape index (κ1) is 24.5. The number of pyridine rings is 2. The molecule has 0 radical (unpaired) electrons. The van der Waals surface area contributed by atoms with Gasteiger partial charge in [0.1, 0.15) is 0 Å². The number of hydrogen-bond acceptors (Lipinski definition) is 5. The molecule has 2 fully saturated rings. The number of anilines is 2. The lowest BCUT2D eigenvalue weighted by molar-refractivity contribution is 0.0991. The third kappa shape index (κ3) is 4.08. The molecule has 2 aromatic heterocycles. The average Bonchev–Trinajstić information content (AvgIpc) is 3.65. The molecule has 1 amide bonds. The summed E-state index contributed by atoms with van der Waals surface area (Å²) in [5.41, 5.74) is 8.16. The summed E-state index contributed by atoms with van der Waals surface area (Å²) in [6.45, 7) is 7.13. The van der Waals surface area contributed by atoms with E-state index in [0.29, 0.717) is 12.6 Å². The Morgan fingerprint density at radius 3 is 2.66 bits per heavy atom. The van der Waals surface area contributed by atoms with Gasteiger partial charge in [0.2, 0.25) is 0 Å². The van der Waals surface area contributed by atoms with Crippen LogP contribution in [0.15, 0.2) is 79.0 Å². The summed E-state index contributed by atoms with van der Waals surface area (Å²) in [5.74, 6) is 0.0491. The molecule has 0 spiro atoms. The lowest BCUT2D eigenvalue weighted by Crippen LogP contribution is -2.50. The highest BCUT2D eigenvalue weighted by atomic mass is 16.2. The molecule has 3 aromatic carbocycles. The van der Waals surface area contributed by atoms with Gasteiger partial charge in [-0.15, -0.1) is 0 Å². The van der Waals surface area contributed by atoms with E-state index in [2.05, 4.69) is 46.2 Å². The predicted molar refractivity (Wildman–Crippen MR) is 166 cm³/mol. The van der Waals surface area contributed by atoms with Crippen molar-refractivity contribution in [3.05, 3.63) is 95.8 Å². The monoisotopic (exact) mass is 539 g/mol. The van der Waals surface area contributed by atoms with Crippen LogP contribution in [0.1, 0.15) is 34.5 Å². The molecule has 5 heterocycles. The summed E-state index contributed by atoms with van der Waals surface area (Å²) in [6.07, 6.45) is 5.37. The standard InChI is InChI=1S/C35H33N5O/c1-23-6-2-12-31(37-23)28-10-3-9-27-26(28)8-4-11-29(27)35(41)40-17-14-24-20-32-30(21-34(24)40)33(13-15-36-32)39-19-18-38-16-5-7-25(38)22-39/h2-4,6,8-13,15,20-21,25H,5,7,14,16-19,22H2,1H3. The second kappa shape index (κ2) is 9.67. The Labute approximate surface area is 240 Å². The lowest BCUT2D eigenvalue weighted by atomic mass is 9.97. The maximum absolute atomic E-state index is 14.3. The number of amides is 1. The van der Waals surface area contributed by atoms with E-state index in [-0.39, 0.29) is 5.91 Å². The van der Waals surface area contributed by atoms with Crippen molar-refractivity contribution in [1.82, 2.24) is 14.9 Å². The Morgan fingerprint density at radius 2 is 1.73 bits per heavy atom. The van der Waals surface area contributed by atoms with Crippen LogP contribution in [-0.4, -0.2) is 59.5 Å². The molecular formula is C35H33N5O. The molecule has 1 unspecified atom stereocenters. The molecule has 3 aliphatic heterocycles. The molecule has 0 bridgehead atoms. The second-order valence-corrected chi connectivity index (χ2v) is 11.7. The Kier molecular flexibility index (Phi) is 5.78. The van der Waals surface area contributed by atoms with E-state index >= 15 is 0 Å². The Balaban J connectivity index is 1.18. The Morgan fingerprint density at radius 1 is 0.854 bits per heavy atom. The maximum atomic E-state index is 14.3. The molecule has 6 heteroatoms. The van der Waals surface area contributed by atoms with Gasteiger partial charge in [0.05, 0.1) is 11.2 Å². The fourth-order valence-corrected chi connectivity index (χ4v) is 7.27. The van der Waals surface area contributed by atoms with Crippen molar-refractivity contribution in [1.29, 1.82) is 0 Å². The maximum Gasteiger partial charge on any atom is 0.258 e. The van der Waals surface area contributed by atoms with Crippen LogP contribution in [-0.2, 0) is 6.42 Å². The second-order valence-electron chi connectivity index (χ2n) is 11.7. The normalized spacial score (nSPS) is 18.7. The number of hydrogen-bond donors (Lipinski definition) is 0. The molecule has 0 N–H and O–H groups in total. The fraction of sp³-hybridized carbons (Fsp3) is 0.286. The molecular weight excluding hydrogens is 506 g/mol. The van der Waals surface area contributed by atoms with Crippen LogP contribution in [0.5, 0.6) is 0 Å². The summed E-state index contributed by atoms with van der Waals surface area (Å²) >= 11 is 0. The molecule has 6 nitrogen and oxygen atoms in total. The molecule has 2 saturated heterocycles. The quantitative estimate of drug-likeness (QED) is 0.271. The topological polar surface area (TPSA) is 52.6 Å². The predicted octanol–water partition coefficient (Wildman–Crippen LogP) is 6.25. The van der Waals surface area contributed by atoms with Crippen LogP contribution in [0.3, 0.4) is 0 Å². The van der Waals surface area contributed by atoms with Crippen LogP contribution in [0.4, 0.5) is 11.4 Å². The van der Waals surface area contributed by atoms with Crippen LogP contribution < -0.4 is 9.80 Å². The number of nitrogens with zero attached hydrogens (tertiary/aromatic N) is 5. The largest absolute Gasteiger partial charge is 0.368 e. The summed E-state index contributed by atoms with van der Waals surface area (Å²) in [4.78, 5) is 30.9. The van der Waals surface area contributed by atoms with E-state index in [1.165, 1.54) is 30.6 Å². The minimum Gasteiger partial charge on any atom is -0.368 e. The van der Waals surface area contributed by atoms with Gasteiger partial charge in [-0.3, -0.25) is 19.7 Å². The highest BCUT2D eigenvalue weighted by Crippen LogP contribution is 2.38. The van der Waals surface area contributed by atoms with E-state index in [4.69, 9.17) is 9.97 Å². The highest BCUT2D eigenvalue weighted by Gasteiger charge is 2.32. The van der Waals surface area contributed by atoms with Crippen LogP contribution >= 0.6 is 0 Å². The fourth-order valence-electron chi connectivity index (χ4n) is 7.27. The van der Waals surface area contributed by atoms with Gasteiger partial charge >= 0.3 is 0 Å².